The van der Waals surface area contributed by atoms with Crippen molar-refractivity contribution in [1.29, 1.82) is 0 Å². The molecule has 0 saturated carbocycles. The first-order valence-electron chi connectivity index (χ1n) is 8.33. The van der Waals surface area contributed by atoms with Crippen LogP contribution in [0, 0.1) is 5.92 Å². The predicted octanol–water partition coefficient (Wildman–Crippen LogP) is 2.09. The molecule has 1 fully saturated rings. The zero-order chi connectivity index (χ0) is 16.7. The van der Waals surface area contributed by atoms with E-state index in [0.29, 0.717) is 6.54 Å². The molecule has 1 heterocycles. The summed E-state index contributed by atoms with van der Waals surface area (Å²) < 4.78 is 10.5. The Labute approximate surface area is 139 Å². The first-order chi connectivity index (χ1) is 11.1. The third-order valence-electron chi connectivity index (χ3n) is 4.45. The summed E-state index contributed by atoms with van der Waals surface area (Å²) in [6.07, 6.45) is 3.10. The number of nitrogens with one attached hydrogen (secondary N) is 1. The monoisotopic (exact) mass is 320 g/mol. The van der Waals surface area contributed by atoms with Crippen molar-refractivity contribution in [1.82, 2.24) is 10.2 Å². The Hall–Kier alpha value is -1.75. The van der Waals surface area contributed by atoms with E-state index in [-0.39, 0.29) is 5.91 Å². The van der Waals surface area contributed by atoms with Crippen molar-refractivity contribution in [3.8, 4) is 11.5 Å². The lowest BCUT2D eigenvalue weighted by Crippen LogP contribution is -2.42. The van der Waals surface area contributed by atoms with Crippen LogP contribution in [0.5, 0.6) is 11.5 Å². The van der Waals surface area contributed by atoms with Crippen LogP contribution >= 0.6 is 0 Å². The first-order valence-corrected chi connectivity index (χ1v) is 8.33. The molecular formula is C18H28N2O3. The van der Waals surface area contributed by atoms with Crippen molar-refractivity contribution in [2.45, 2.75) is 26.2 Å². The molecule has 1 aliphatic rings. The molecule has 1 aliphatic heterocycles. The summed E-state index contributed by atoms with van der Waals surface area (Å²) in [6.45, 7) is 5.24. The average molecular weight is 320 g/mol. The summed E-state index contributed by atoms with van der Waals surface area (Å²) in [5, 5.41) is 3.24. The minimum Gasteiger partial charge on any atom is -0.493 e. The van der Waals surface area contributed by atoms with Crippen LogP contribution < -0.4 is 14.8 Å². The van der Waals surface area contributed by atoms with Gasteiger partial charge in [-0.25, -0.2) is 0 Å². The number of rotatable bonds is 7. The van der Waals surface area contributed by atoms with E-state index in [4.69, 9.17) is 9.47 Å². The van der Waals surface area contributed by atoms with Gasteiger partial charge in [-0.3, -0.25) is 4.79 Å². The smallest absolute Gasteiger partial charge is 0.236 e. The highest BCUT2D eigenvalue weighted by Crippen LogP contribution is 2.27. The SMILES string of the molecule is COc1ccc(CCNCC(=O)N2CCC(C)CC2)cc1OC. The van der Waals surface area contributed by atoms with Gasteiger partial charge in [0.1, 0.15) is 0 Å². The summed E-state index contributed by atoms with van der Waals surface area (Å²) in [4.78, 5) is 14.1. The van der Waals surface area contributed by atoms with E-state index in [9.17, 15) is 4.79 Å². The summed E-state index contributed by atoms with van der Waals surface area (Å²) >= 11 is 0. The maximum Gasteiger partial charge on any atom is 0.236 e. The molecule has 1 aromatic carbocycles. The normalized spacial score (nSPS) is 15.5. The molecule has 1 N–H and O–H groups in total. The second-order valence-corrected chi connectivity index (χ2v) is 6.18. The molecule has 0 aromatic heterocycles. The maximum absolute atomic E-state index is 12.1. The van der Waals surface area contributed by atoms with Gasteiger partial charge < -0.3 is 19.7 Å². The van der Waals surface area contributed by atoms with Crippen LogP contribution in [0.15, 0.2) is 18.2 Å². The molecule has 0 spiro atoms. The molecule has 2 rings (SSSR count). The van der Waals surface area contributed by atoms with Crippen LogP contribution in [0.1, 0.15) is 25.3 Å². The van der Waals surface area contributed by atoms with Gasteiger partial charge in [0.25, 0.3) is 0 Å². The van der Waals surface area contributed by atoms with Crippen molar-refractivity contribution in [2.75, 3.05) is 40.4 Å². The van der Waals surface area contributed by atoms with Crippen LogP contribution in [0.2, 0.25) is 0 Å². The molecule has 0 aliphatic carbocycles. The minimum atomic E-state index is 0.212. The lowest BCUT2D eigenvalue weighted by molar-refractivity contribution is -0.131. The van der Waals surface area contributed by atoms with Crippen LogP contribution in [0.4, 0.5) is 0 Å². The van der Waals surface area contributed by atoms with E-state index in [0.717, 1.165) is 61.9 Å². The van der Waals surface area contributed by atoms with Gasteiger partial charge in [-0.1, -0.05) is 13.0 Å². The molecule has 1 aromatic rings. The molecule has 5 nitrogen and oxygen atoms in total. The molecule has 5 heteroatoms. The first kappa shape index (κ1) is 17.6. The maximum atomic E-state index is 12.1. The molecule has 0 unspecified atom stereocenters. The Kier molecular flexibility index (Phi) is 6.71. The van der Waals surface area contributed by atoms with Gasteiger partial charge in [0.2, 0.25) is 5.91 Å². The zero-order valence-electron chi connectivity index (χ0n) is 14.4. The predicted molar refractivity (Wildman–Crippen MR) is 91.1 cm³/mol. The number of benzene rings is 1. The van der Waals surface area contributed by atoms with Crippen LogP contribution in [0.25, 0.3) is 0 Å². The van der Waals surface area contributed by atoms with E-state index in [1.54, 1.807) is 14.2 Å². The molecule has 23 heavy (non-hydrogen) atoms. The molecule has 128 valence electrons. The number of hydrogen-bond donors (Lipinski definition) is 1. The van der Waals surface area contributed by atoms with E-state index < -0.39 is 0 Å². The number of nitrogens with zero attached hydrogens (tertiary/aromatic N) is 1. The number of carbonyl (C=O) groups is 1. The fourth-order valence-corrected chi connectivity index (χ4v) is 2.83. The number of piperidine rings is 1. The van der Waals surface area contributed by atoms with E-state index in [2.05, 4.69) is 12.2 Å². The number of carbonyl (C=O) groups excluding carboxylic acids is 1. The fourth-order valence-electron chi connectivity index (χ4n) is 2.83. The van der Waals surface area contributed by atoms with E-state index >= 15 is 0 Å². The van der Waals surface area contributed by atoms with Crippen molar-refractivity contribution in [3.63, 3.8) is 0 Å². The Morgan fingerprint density at radius 3 is 2.57 bits per heavy atom. The molecule has 1 saturated heterocycles. The highest BCUT2D eigenvalue weighted by Gasteiger charge is 2.19. The molecule has 0 radical (unpaired) electrons. The van der Waals surface area contributed by atoms with Gasteiger partial charge in [0.15, 0.2) is 11.5 Å². The van der Waals surface area contributed by atoms with E-state index in [1.165, 1.54) is 0 Å². The number of ether oxygens (including phenoxy) is 2. The largest absolute Gasteiger partial charge is 0.493 e. The Balaban J connectivity index is 1.72. The summed E-state index contributed by atoms with van der Waals surface area (Å²) in [5.74, 6) is 2.43. The average Bonchev–Trinajstić information content (AvgIpc) is 2.58. The highest BCUT2D eigenvalue weighted by molar-refractivity contribution is 5.78. The Bertz CT molecular complexity index is 511. The van der Waals surface area contributed by atoms with Crippen molar-refractivity contribution >= 4 is 5.91 Å². The summed E-state index contributed by atoms with van der Waals surface area (Å²) in [7, 11) is 3.27. The number of amides is 1. The quantitative estimate of drug-likeness (QED) is 0.782. The number of methoxy groups -OCH3 is 2. The Morgan fingerprint density at radius 1 is 1.22 bits per heavy atom. The van der Waals surface area contributed by atoms with Crippen LogP contribution in [0.3, 0.4) is 0 Å². The van der Waals surface area contributed by atoms with E-state index in [1.807, 2.05) is 23.1 Å². The summed E-state index contributed by atoms with van der Waals surface area (Å²) in [6, 6.07) is 5.92. The van der Waals surface area contributed by atoms with Crippen molar-refractivity contribution < 1.29 is 14.3 Å². The molecule has 1 amide bonds. The third-order valence-corrected chi connectivity index (χ3v) is 4.45. The topological polar surface area (TPSA) is 50.8 Å². The number of likely N-dealkylation sites (tertiary alicyclic amines) is 1. The molecular weight excluding hydrogens is 292 g/mol. The van der Waals surface area contributed by atoms with Gasteiger partial charge >= 0.3 is 0 Å². The lowest BCUT2D eigenvalue weighted by atomic mass is 9.99. The number of hydrogen-bond acceptors (Lipinski definition) is 4. The second-order valence-electron chi connectivity index (χ2n) is 6.18. The fraction of sp³-hybridized carbons (Fsp3) is 0.611. The lowest BCUT2D eigenvalue weighted by Gasteiger charge is -2.30. The standard InChI is InChI=1S/C18H28N2O3/c1-14-7-10-20(11-8-14)18(21)13-19-9-6-15-4-5-16(22-2)17(12-15)23-3/h4-5,12,14,19H,6-11,13H2,1-3H3. The minimum absolute atomic E-state index is 0.212. The van der Waals surface area contributed by atoms with Gasteiger partial charge in [0, 0.05) is 13.1 Å². The zero-order valence-corrected chi connectivity index (χ0v) is 14.4. The Morgan fingerprint density at radius 2 is 1.91 bits per heavy atom. The highest BCUT2D eigenvalue weighted by atomic mass is 16.5. The third kappa shape index (κ3) is 5.13. The van der Waals surface area contributed by atoms with Crippen molar-refractivity contribution in [2.24, 2.45) is 5.92 Å². The van der Waals surface area contributed by atoms with Crippen LogP contribution in [-0.2, 0) is 11.2 Å². The van der Waals surface area contributed by atoms with Gasteiger partial charge in [-0.15, -0.1) is 0 Å². The summed E-state index contributed by atoms with van der Waals surface area (Å²) in [5.41, 5.74) is 1.16. The molecule has 0 atom stereocenters. The van der Waals surface area contributed by atoms with Gasteiger partial charge in [0.05, 0.1) is 20.8 Å². The van der Waals surface area contributed by atoms with Crippen molar-refractivity contribution in [3.05, 3.63) is 23.8 Å². The second kappa shape index (κ2) is 8.77. The molecule has 0 bridgehead atoms. The van der Waals surface area contributed by atoms with Crippen LogP contribution in [-0.4, -0.2) is 51.2 Å². The van der Waals surface area contributed by atoms with Gasteiger partial charge in [-0.05, 0) is 49.4 Å². The van der Waals surface area contributed by atoms with Gasteiger partial charge in [-0.2, -0.15) is 0 Å².